The minimum absolute atomic E-state index is 0.101. The molecule has 0 amide bonds. The summed E-state index contributed by atoms with van der Waals surface area (Å²) >= 11 is 0. The van der Waals surface area contributed by atoms with Gasteiger partial charge in [-0.05, 0) is 50.2 Å². The van der Waals surface area contributed by atoms with Crippen LogP contribution in [-0.2, 0) is 6.54 Å². The highest BCUT2D eigenvalue weighted by atomic mass is 16.5. The molecule has 0 aliphatic carbocycles. The van der Waals surface area contributed by atoms with Crippen LogP contribution < -0.4 is 15.4 Å². The largest absolute Gasteiger partial charge is 0.478 e. The van der Waals surface area contributed by atoms with E-state index in [1.807, 2.05) is 19.1 Å². The maximum absolute atomic E-state index is 9.36. The third-order valence-corrected chi connectivity index (χ3v) is 4.63. The minimum Gasteiger partial charge on any atom is -0.478 e. The van der Waals surface area contributed by atoms with Crippen LogP contribution in [0.25, 0.3) is 0 Å². The first-order valence-corrected chi connectivity index (χ1v) is 9.33. The zero-order valence-electron chi connectivity index (χ0n) is 16.1. The highest BCUT2D eigenvalue weighted by molar-refractivity contribution is 5.79. The SMILES string of the molecule is CCNC(=NCc1ccnc(OCC)c1)NCC(CC)(CC)CCO. The summed E-state index contributed by atoms with van der Waals surface area (Å²) < 4.78 is 5.43. The maximum Gasteiger partial charge on any atom is 0.213 e. The number of aliphatic imine (C=N–C) groups is 1. The molecule has 1 aromatic rings. The van der Waals surface area contributed by atoms with Crippen LogP contribution in [0.2, 0.25) is 0 Å². The molecule has 6 heteroatoms. The molecule has 0 bridgehead atoms. The van der Waals surface area contributed by atoms with Crippen LogP contribution in [0.1, 0.15) is 52.5 Å². The lowest BCUT2D eigenvalue weighted by molar-refractivity contribution is 0.169. The zero-order chi connectivity index (χ0) is 18.5. The Bertz CT molecular complexity index is 516. The third kappa shape index (κ3) is 7.30. The Morgan fingerprint density at radius 2 is 2.00 bits per heavy atom. The quantitative estimate of drug-likeness (QED) is 0.422. The molecule has 1 aromatic heterocycles. The monoisotopic (exact) mass is 350 g/mol. The molecule has 0 aliphatic heterocycles. The van der Waals surface area contributed by atoms with Crippen LogP contribution in [0, 0.1) is 5.41 Å². The molecule has 0 radical (unpaired) electrons. The molecule has 6 nitrogen and oxygen atoms in total. The molecule has 25 heavy (non-hydrogen) atoms. The molecule has 0 unspecified atom stereocenters. The molecule has 142 valence electrons. The molecule has 0 atom stereocenters. The van der Waals surface area contributed by atoms with Gasteiger partial charge in [0, 0.05) is 32.0 Å². The van der Waals surface area contributed by atoms with Crippen molar-refractivity contribution in [2.24, 2.45) is 10.4 Å². The summed E-state index contributed by atoms with van der Waals surface area (Å²) in [4.78, 5) is 8.84. The van der Waals surface area contributed by atoms with Gasteiger partial charge in [-0.2, -0.15) is 0 Å². The molecule has 1 rings (SSSR count). The van der Waals surface area contributed by atoms with Crippen molar-refractivity contribution in [3.05, 3.63) is 23.9 Å². The number of pyridine rings is 1. The number of guanidine groups is 1. The summed E-state index contributed by atoms with van der Waals surface area (Å²) in [6.45, 7) is 11.3. The highest BCUT2D eigenvalue weighted by Crippen LogP contribution is 2.29. The summed E-state index contributed by atoms with van der Waals surface area (Å²) in [6, 6.07) is 3.87. The number of aromatic nitrogens is 1. The van der Waals surface area contributed by atoms with E-state index in [9.17, 15) is 5.11 Å². The third-order valence-electron chi connectivity index (χ3n) is 4.63. The zero-order valence-corrected chi connectivity index (χ0v) is 16.1. The maximum atomic E-state index is 9.36. The van der Waals surface area contributed by atoms with Crippen LogP contribution in [0.3, 0.4) is 0 Å². The van der Waals surface area contributed by atoms with Gasteiger partial charge in [-0.25, -0.2) is 9.98 Å². The van der Waals surface area contributed by atoms with Crippen molar-refractivity contribution >= 4 is 5.96 Å². The molecule has 3 N–H and O–H groups in total. The van der Waals surface area contributed by atoms with Crippen molar-refractivity contribution in [3.63, 3.8) is 0 Å². The van der Waals surface area contributed by atoms with Gasteiger partial charge < -0.3 is 20.5 Å². The van der Waals surface area contributed by atoms with Crippen LogP contribution in [0.5, 0.6) is 5.88 Å². The molecule has 0 spiro atoms. The van der Waals surface area contributed by atoms with Crippen molar-refractivity contribution in [1.29, 1.82) is 0 Å². The number of nitrogens with zero attached hydrogens (tertiary/aromatic N) is 2. The van der Waals surface area contributed by atoms with Crippen molar-refractivity contribution in [2.75, 3.05) is 26.3 Å². The average molecular weight is 351 g/mol. The second-order valence-corrected chi connectivity index (χ2v) is 6.16. The Hall–Kier alpha value is -1.82. The van der Waals surface area contributed by atoms with Crippen LogP contribution in [0.4, 0.5) is 0 Å². The van der Waals surface area contributed by atoms with Gasteiger partial charge in [0.1, 0.15) is 0 Å². The van der Waals surface area contributed by atoms with E-state index in [-0.39, 0.29) is 12.0 Å². The number of hydrogen-bond donors (Lipinski definition) is 3. The lowest BCUT2D eigenvalue weighted by Crippen LogP contribution is -2.43. The highest BCUT2D eigenvalue weighted by Gasteiger charge is 2.25. The minimum atomic E-state index is 0.101. The lowest BCUT2D eigenvalue weighted by Gasteiger charge is -2.32. The van der Waals surface area contributed by atoms with E-state index in [1.54, 1.807) is 6.20 Å². The fourth-order valence-corrected chi connectivity index (χ4v) is 2.74. The first-order chi connectivity index (χ1) is 12.1. The summed E-state index contributed by atoms with van der Waals surface area (Å²) in [5.74, 6) is 1.42. The first-order valence-electron chi connectivity index (χ1n) is 9.33. The number of rotatable bonds is 11. The van der Waals surface area contributed by atoms with Crippen molar-refractivity contribution in [3.8, 4) is 5.88 Å². The predicted molar refractivity (Wildman–Crippen MR) is 103 cm³/mol. The molecular formula is C19H34N4O2. The Kier molecular flexibility index (Phi) is 9.92. The van der Waals surface area contributed by atoms with Crippen molar-refractivity contribution < 1.29 is 9.84 Å². The van der Waals surface area contributed by atoms with Crippen LogP contribution in [0.15, 0.2) is 23.3 Å². The Balaban J connectivity index is 2.74. The first kappa shape index (κ1) is 21.2. The fraction of sp³-hybridized carbons (Fsp3) is 0.684. The number of aliphatic hydroxyl groups is 1. The number of nitrogens with one attached hydrogen (secondary N) is 2. The van der Waals surface area contributed by atoms with Crippen LogP contribution >= 0.6 is 0 Å². The smallest absolute Gasteiger partial charge is 0.213 e. The lowest BCUT2D eigenvalue weighted by atomic mass is 9.79. The standard InChI is InChI=1S/C19H34N4O2/c1-5-19(6-2,10-12-24)15-23-18(20-7-3)22-14-16-9-11-21-17(13-16)25-8-4/h9,11,13,24H,5-8,10,12,14-15H2,1-4H3,(H2,20,22,23). The van der Waals surface area contributed by atoms with Gasteiger partial charge in [0.25, 0.3) is 0 Å². The average Bonchev–Trinajstić information content (AvgIpc) is 2.63. The van der Waals surface area contributed by atoms with Gasteiger partial charge in [-0.1, -0.05) is 13.8 Å². The molecule has 0 aliphatic rings. The van der Waals surface area contributed by atoms with Gasteiger partial charge in [0.2, 0.25) is 5.88 Å². The summed E-state index contributed by atoms with van der Waals surface area (Å²) in [6.07, 6.45) is 4.60. The molecule has 0 aromatic carbocycles. The van der Waals surface area contributed by atoms with E-state index in [0.717, 1.165) is 43.9 Å². The topological polar surface area (TPSA) is 78.8 Å². The van der Waals surface area contributed by atoms with Crippen LogP contribution in [-0.4, -0.2) is 42.4 Å². The summed E-state index contributed by atoms with van der Waals surface area (Å²) in [7, 11) is 0. The van der Waals surface area contributed by atoms with E-state index in [1.165, 1.54) is 0 Å². The Morgan fingerprint density at radius 1 is 1.24 bits per heavy atom. The van der Waals surface area contributed by atoms with Gasteiger partial charge in [0.15, 0.2) is 5.96 Å². The number of aliphatic hydroxyl groups excluding tert-OH is 1. The fourth-order valence-electron chi connectivity index (χ4n) is 2.74. The number of ether oxygens (including phenoxy) is 1. The predicted octanol–water partition coefficient (Wildman–Crippen LogP) is 2.72. The second-order valence-electron chi connectivity index (χ2n) is 6.16. The summed E-state index contributed by atoms with van der Waals surface area (Å²) in [5, 5.41) is 16.1. The summed E-state index contributed by atoms with van der Waals surface area (Å²) in [5.41, 5.74) is 1.16. The van der Waals surface area contributed by atoms with E-state index >= 15 is 0 Å². The van der Waals surface area contributed by atoms with E-state index in [2.05, 4.69) is 41.4 Å². The van der Waals surface area contributed by atoms with E-state index in [0.29, 0.717) is 19.0 Å². The van der Waals surface area contributed by atoms with E-state index in [4.69, 9.17) is 4.74 Å². The normalized spacial score (nSPS) is 12.1. The molecule has 1 heterocycles. The van der Waals surface area contributed by atoms with Gasteiger partial charge >= 0.3 is 0 Å². The molecule has 0 saturated carbocycles. The van der Waals surface area contributed by atoms with E-state index < -0.39 is 0 Å². The van der Waals surface area contributed by atoms with Gasteiger partial charge in [-0.15, -0.1) is 0 Å². The molecule has 0 saturated heterocycles. The second kappa shape index (κ2) is 11.7. The van der Waals surface area contributed by atoms with Gasteiger partial charge in [-0.3, -0.25) is 0 Å². The van der Waals surface area contributed by atoms with Crippen molar-refractivity contribution in [1.82, 2.24) is 15.6 Å². The molecule has 0 fully saturated rings. The van der Waals surface area contributed by atoms with Gasteiger partial charge in [0.05, 0.1) is 13.2 Å². The number of hydrogen-bond acceptors (Lipinski definition) is 4. The molecular weight excluding hydrogens is 316 g/mol. The Labute approximate surface area is 152 Å². The Morgan fingerprint density at radius 3 is 2.60 bits per heavy atom. The van der Waals surface area contributed by atoms with Crippen molar-refractivity contribution in [2.45, 2.75) is 53.5 Å².